The largest absolute Gasteiger partial charge is 0.485 e. The molecule has 33 heavy (non-hydrogen) atoms. The third-order valence-corrected chi connectivity index (χ3v) is 5.37. The van der Waals surface area contributed by atoms with Crippen LogP contribution < -0.4 is 10.1 Å². The molecular weight excluding hydrogens is 426 g/mol. The maximum atomic E-state index is 14.0. The lowest BCUT2D eigenvalue weighted by Crippen LogP contribution is -2.16. The van der Waals surface area contributed by atoms with E-state index in [0.717, 1.165) is 10.8 Å². The lowest BCUT2D eigenvalue weighted by atomic mass is 10.1. The molecule has 0 fully saturated rings. The van der Waals surface area contributed by atoms with Crippen LogP contribution in [-0.2, 0) is 6.61 Å². The molecule has 0 saturated heterocycles. The zero-order chi connectivity index (χ0) is 22.9. The minimum atomic E-state index is -0.688. The van der Waals surface area contributed by atoms with Crippen molar-refractivity contribution < 1.29 is 18.3 Å². The van der Waals surface area contributed by atoms with E-state index >= 15 is 0 Å². The second-order valence-electron chi connectivity index (χ2n) is 7.46. The molecule has 0 spiro atoms. The Morgan fingerprint density at radius 2 is 1.85 bits per heavy atom. The maximum Gasteiger partial charge on any atom is 0.274 e. The third kappa shape index (κ3) is 3.76. The van der Waals surface area contributed by atoms with Crippen LogP contribution in [0, 0.1) is 18.6 Å². The van der Waals surface area contributed by atoms with Crippen LogP contribution in [0.2, 0.25) is 0 Å². The van der Waals surface area contributed by atoms with Crippen molar-refractivity contribution in [2.75, 3.05) is 5.32 Å². The second kappa shape index (κ2) is 8.31. The lowest BCUT2D eigenvalue weighted by molar-refractivity contribution is 0.102. The smallest absolute Gasteiger partial charge is 0.274 e. The highest BCUT2D eigenvalue weighted by atomic mass is 19.1. The number of pyridine rings is 2. The average Bonchev–Trinajstić information content (AvgIpc) is 3.15. The van der Waals surface area contributed by atoms with Gasteiger partial charge in [-0.05, 0) is 43.3 Å². The van der Waals surface area contributed by atoms with Crippen LogP contribution in [0.3, 0.4) is 0 Å². The predicted molar refractivity (Wildman–Crippen MR) is 120 cm³/mol. The van der Waals surface area contributed by atoms with Crippen molar-refractivity contribution in [1.82, 2.24) is 14.4 Å². The van der Waals surface area contributed by atoms with Crippen LogP contribution in [0.4, 0.5) is 14.5 Å². The molecule has 0 saturated carbocycles. The summed E-state index contributed by atoms with van der Waals surface area (Å²) >= 11 is 0. The first kappa shape index (κ1) is 20.6. The minimum Gasteiger partial charge on any atom is -0.485 e. The number of aryl methyl sites for hydroxylation is 1. The van der Waals surface area contributed by atoms with Gasteiger partial charge in [-0.25, -0.2) is 13.8 Å². The van der Waals surface area contributed by atoms with E-state index in [1.54, 1.807) is 42.0 Å². The highest BCUT2D eigenvalue weighted by molar-refractivity contribution is 6.09. The number of anilines is 1. The Morgan fingerprint density at radius 1 is 1.06 bits per heavy atom. The van der Waals surface area contributed by atoms with Crippen molar-refractivity contribution in [3.8, 4) is 5.75 Å². The monoisotopic (exact) mass is 444 g/mol. The zero-order valence-electron chi connectivity index (χ0n) is 17.5. The summed E-state index contributed by atoms with van der Waals surface area (Å²) in [7, 11) is 0. The number of ether oxygens (including phenoxy) is 1. The summed E-state index contributed by atoms with van der Waals surface area (Å²) in [4.78, 5) is 21.8. The molecule has 3 aromatic heterocycles. The summed E-state index contributed by atoms with van der Waals surface area (Å²) in [6.07, 6.45) is 5.08. The van der Waals surface area contributed by atoms with Gasteiger partial charge in [0.1, 0.15) is 23.9 Å². The lowest BCUT2D eigenvalue weighted by Gasteiger charge is -2.11. The van der Waals surface area contributed by atoms with Gasteiger partial charge in [0.2, 0.25) is 0 Å². The Labute approximate surface area is 187 Å². The normalized spacial score (nSPS) is 11.1. The van der Waals surface area contributed by atoms with Crippen molar-refractivity contribution in [2.24, 2.45) is 0 Å². The molecule has 0 bridgehead atoms. The number of hydrogen-bond donors (Lipinski definition) is 1. The number of nitrogens with zero attached hydrogens (tertiary/aromatic N) is 3. The molecule has 1 amide bonds. The molecule has 0 aliphatic rings. The first-order chi connectivity index (χ1) is 16.0. The fourth-order valence-corrected chi connectivity index (χ4v) is 3.78. The van der Waals surface area contributed by atoms with Crippen molar-refractivity contribution in [2.45, 2.75) is 13.5 Å². The standard InChI is InChI=1S/C25H18F2N4O2/c1-15-23(25(32)30-21-8-2-5-16-13-28-11-10-17(16)21)31-12-4-9-22(24(31)29-15)33-14-18-19(26)6-3-7-20(18)27/h2-13H,14H2,1H3,(H,30,32). The maximum absolute atomic E-state index is 14.0. The van der Waals surface area contributed by atoms with Gasteiger partial charge < -0.3 is 10.1 Å². The van der Waals surface area contributed by atoms with E-state index in [-0.39, 0.29) is 18.1 Å². The second-order valence-corrected chi connectivity index (χ2v) is 7.46. The SMILES string of the molecule is Cc1nc2c(OCc3c(F)cccc3F)cccn2c1C(=O)Nc1cccc2cnccc12. The summed E-state index contributed by atoms with van der Waals surface area (Å²) in [5.74, 6) is -1.42. The van der Waals surface area contributed by atoms with Crippen LogP contribution in [0.15, 0.2) is 73.2 Å². The minimum absolute atomic E-state index is 0.175. The molecule has 6 nitrogen and oxygen atoms in total. The van der Waals surface area contributed by atoms with E-state index in [0.29, 0.717) is 28.5 Å². The van der Waals surface area contributed by atoms with Crippen molar-refractivity contribution in [1.29, 1.82) is 0 Å². The van der Waals surface area contributed by atoms with E-state index in [1.165, 1.54) is 18.2 Å². The average molecular weight is 444 g/mol. The number of carbonyl (C=O) groups excluding carboxylic acids is 1. The number of carbonyl (C=O) groups is 1. The fourth-order valence-electron chi connectivity index (χ4n) is 3.78. The van der Waals surface area contributed by atoms with Gasteiger partial charge in [0.15, 0.2) is 11.4 Å². The van der Waals surface area contributed by atoms with Gasteiger partial charge in [-0.1, -0.05) is 18.2 Å². The molecule has 2 aromatic carbocycles. The molecule has 5 rings (SSSR count). The quantitative estimate of drug-likeness (QED) is 0.399. The summed E-state index contributed by atoms with van der Waals surface area (Å²) in [5.41, 5.74) is 1.67. The van der Waals surface area contributed by atoms with Gasteiger partial charge >= 0.3 is 0 Å². The number of halogens is 2. The van der Waals surface area contributed by atoms with Crippen LogP contribution in [0.5, 0.6) is 5.75 Å². The Hall–Kier alpha value is -4.33. The Bertz CT molecular complexity index is 1490. The van der Waals surface area contributed by atoms with Crippen molar-refractivity contribution in [3.63, 3.8) is 0 Å². The van der Waals surface area contributed by atoms with Crippen LogP contribution in [-0.4, -0.2) is 20.3 Å². The molecule has 5 aromatic rings. The van der Waals surface area contributed by atoms with E-state index in [2.05, 4.69) is 15.3 Å². The van der Waals surface area contributed by atoms with E-state index in [1.807, 2.05) is 24.3 Å². The summed E-state index contributed by atoms with van der Waals surface area (Å²) in [6, 6.07) is 14.4. The molecule has 1 N–H and O–H groups in total. The molecule has 0 aliphatic heterocycles. The first-order valence-electron chi connectivity index (χ1n) is 10.2. The number of amides is 1. The summed E-state index contributed by atoms with van der Waals surface area (Å²) in [6.45, 7) is 1.41. The Balaban J connectivity index is 1.47. The van der Waals surface area contributed by atoms with Gasteiger partial charge in [-0.15, -0.1) is 0 Å². The molecule has 0 radical (unpaired) electrons. The van der Waals surface area contributed by atoms with Gasteiger partial charge in [0, 0.05) is 35.1 Å². The molecule has 8 heteroatoms. The highest BCUT2D eigenvalue weighted by Gasteiger charge is 2.20. The first-order valence-corrected chi connectivity index (χ1v) is 10.2. The third-order valence-electron chi connectivity index (χ3n) is 5.37. The van der Waals surface area contributed by atoms with Gasteiger partial charge in [-0.3, -0.25) is 14.2 Å². The van der Waals surface area contributed by atoms with E-state index in [9.17, 15) is 13.6 Å². The zero-order valence-corrected chi connectivity index (χ0v) is 17.5. The number of aromatic nitrogens is 3. The van der Waals surface area contributed by atoms with Crippen LogP contribution in [0.1, 0.15) is 21.7 Å². The molecular formula is C25H18F2N4O2. The number of hydrogen-bond acceptors (Lipinski definition) is 4. The summed E-state index contributed by atoms with van der Waals surface area (Å²) in [5, 5.41) is 4.71. The van der Waals surface area contributed by atoms with Crippen LogP contribution >= 0.6 is 0 Å². The van der Waals surface area contributed by atoms with Gasteiger partial charge in [0.05, 0.1) is 11.3 Å². The topological polar surface area (TPSA) is 68.5 Å². The summed E-state index contributed by atoms with van der Waals surface area (Å²) < 4.78 is 35.2. The van der Waals surface area contributed by atoms with E-state index < -0.39 is 11.6 Å². The molecule has 0 unspecified atom stereocenters. The fraction of sp³-hybridized carbons (Fsp3) is 0.0800. The number of rotatable bonds is 5. The number of imidazole rings is 1. The molecule has 0 aliphatic carbocycles. The molecule has 3 heterocycles. The Morgan fingerprint density at radius 3 is 2.67 bits per heavy atom. The number of benzene rings is 2. The van der Waals surface area contributed by atoms with Crippen molar-refractivity contribution in [3.05, 3.63) is 102 Å². The highest BCUT2D eigenvalue weighted by Crippen LogP contribution is 2.26. The number of nitrogens with one attached hydrogen (secondary N) is 1. The van der Waals surface area contributed by atoms with Crippen molar-refractivity contribution >= 4 is 28.0 Å². The van der Waals surface area contributed by atoms with Crippen LogP contribution in [0.25, 0.3) is 16.4 Å². The van der Waals surface area contributed by atoms with Gasteiger partial charge in [0.25, 0.3) is 5.91 Å². The van der Waals surface area contributed by atoms with E-state index in [4.69, 9.17) is 4.74 Å². The Kier molecular flexibility index (Phi) is 5.18. The molecule has 164 valence electrons. The molecule has 0 atom stereocenters. The predicted octanol–water partition coefficient (Wildman–Crippen LogP) is 5.30. The number of fused-ring (bicyclic) bond motifs is 2. The van der Waals surface area contributed by atoms with Gasteiger partial charge in [-0.2, -0.15) is 0 Å².